The second-order valence-electron chi connectivity index (χ2n) is 6.11. The van der Waals surface area contributed by atoms with Crippen LogP contribution >= 0.6 is 0 Å². The molecule has 1 aromatic heterocycles. The van der Waals surface area contributed by atoms with Gasteiger partial charge in [0.2, 0.25) is 0 Å². The fourth-order valence-electron chi connectivity index (χ4n) is 3.02. The van der Waals surface area contributed by atoms with E-state index >= 15 is 0 Å². The molecule has 22 heavy (non-hydrogen) atoms. The maximum absolute atomic E-state index is 10.8. The molecule has 1 aromatic carbocycles. The zero-order valence-electron chi connectivity index (χ0n) is 12.4. The van der Waals surface area contributed by atoms with Crippen LogP contribution in [0.5, 0.6) is 0 Å². The van der Waals surface area contributed by atoms with Gasteiger partial charge in [-0.1, -0.05) is 19.3 Å². The van der Waals surface area contributed by atoms with Crippen molar-refractivity contribution in [3.8, 4) is 0 Å². The first-order chi connectivity index (χ1) is 10.6. The van der Waals surface area contributed by atoms with Gasteiger partial charge in [0.25, 0.3) is 5.69 Å². The lowest BCUT2D eigenvalue weighted by Gasteiger charge is -2.33. The molecule has 3 rings (SSSR count). The zero-order valence-corrected chi connectivity index (χ0v) is 12.4. The molecular formula is C16H20N4O2. The Morgan fingerprint density at radius 3 is 2.73 bits per heavy atom. The smallest absolute Gasteiger partial charge is 0.270 e. The monoisotopic (exact) mass is 300 g/mol. The van der Waals surface area contributed by atoms with E-state index in [1.54, 1.807) is 6.07 Å². The van der Waals surface area contributed by atoms with Crippen molar-refractivity contribution >= 4 is 22.4 Å². The summed E-state index contributed by atoms with van der Waals surface area (Å²) in [7, 11) is 0. The molecule has 6 heteroatoms. The minimum Gasteiger partial charge on any atom is -0.368 e. The largest absolute Gasteiger partial charge is 0.368 e. The van der Waals surface area contributed by atoms with Gasteiger partial charge in [0.05, 0.1) is 10.4 Å². The van der Waals surface area contributed by atoms with Crippen molar-refractivity contribution in [2.45, 2.75) is 37.6 Å². The van der Waals surface area contributed by atoms with Crippen LogP contribution in [0.4, 0.5) is 11.5 Å². The average molecular weight is 300 g/mol. The van der Waals surface area contributed by atoms with E-state index in [1.165, 1.54) is 31.4 Å². The molecule has 0 saturated heterocycles. The number of nitrogens with zero attached hydrogens (tertiary/aromatic N) is 2. The van der Waals surface area contributed by atoms with Crippen molar-refractivity contribution in [3.05, 3.63) is 40.4 Å². The molecule has 1 saturated carbocycles. The van der Waals surface area contributed by atoms with E-state index < -0.39 is 4.92 Å². The van der Waals surface area contributed by atoms with E-state index in [2.05, 4.69) is 10.3 Å². The maximum Gasteiger partial charge on any atom is 0.270 e. The Morgan fingerprint density at radius 2 is 2.00 bits per heavy atom. The third kappa shape index (κ3) is 3.17. The van der Waals surface area contributed by atoms with Gasteiger partial charge in [-0.3, -0.25) is 10.1 Å². The van der Waals surface area contributed by atoms with Crippen LogP contribution in [0.3, 0.4) is 0 Å². The van der Waals surface area contributed by atoms with Crippen LogP contribution < -0.4 is 11.1 Å². The number of rotatable bonds is 4. The lowest BCUT2D eigenvalue weighted by atomic mass is 9.82. The number of fused-ring (bicyclic) bond motifs is 1. The Balaban J connectivity index is 1.74. The lowest BCUT2D eigenvalue weighted by molar-refractivity contribution is -0.384. The van der Waals surface area contributed by atoms with Crippen molar-refractivity contribution in [1.29, 1.82) is 0 Å². The number of hydrogen-bond donors (Lipinski definition) is 2. The van der Waals surface area contributed by atoms with E-state index in [0.29, 0.717) is 6.54 Å². The molecule has 0 atom stereocenters. The molecule has 0 bridgehead atoms. The first-order valence-corrected chi connectivity index (χ1v) is 7.64. The summed E-state index contributed by atoms with van der Waals surface area (Å²) in [5.41, 5.74) is 7.08. The highest BCUT2D eigenvalue weighted by molar-refractivity contribution is 5.82. The van der Waals surface area contributed by atoms with Crippen molar-refractivity contribution in [2.24, 2.45) is 5.73 Å². The summed E-state index contributed by atoms with van der Waals surface area (Å²) in [6.07, 6.45) is 5.73. The first kappa shape index (κ1) is 14.7. The summed E-state index contributed by atoms with van der Waals surface area (Å²) in [5.74, 6) is 0.761. The van der Waals surface area contributed by atoms with Crippen LogP contribution in [-0.4, -0.2) is 22.0 Å². The topological polar surface area (TPSA) is 94.1 Å². The van der Waals surface area contributed by atoms with Gasteiger partial charge in [0.15, 0.2) is 0 Å². The molecule has 0 spiro atoms. The van der Waals surface area contributed by atoms with E-state index in [-0.39, 0.29) is 11.2 Å². The summed E-state index contributed by atoms with van der Waals surface area (Å²) < 4.78 is 0. The molecule has 1 aliphatic rings. The molecule has 0 radical (unpaired) electrons. The van der Waals surface area contributed by atoms with E-state index in [1.807, 2.05) is 12.1 Å². The molecule has 0 aliphatic heterocycles. The zero-order chi connectivity index (χ0) is 15.6. The number of hydrogen-bond acceptors (Lipinski definition) is 5. The van der Waals surface area contributed by atoms with E-state index in [4.69, 9.17) is 5.73 Å². The number of nitro groups is 1. The van der Waals surface area contributed by atoms with E-state index in [0.717, 1.165) is 29.6 Å². The van der Waals surface area contributed by atoms with Gasteiger partial charge in [0.1, 0.15) is 5.82 Å². The molecule has 116 valence electrons. The second kappa shape index (κ2) is 5.88. The molecule has 3 N–H and O–H groups in total. The van der Waals surface area contributed by atoms with Crippen LogP contribution in [0, 0.1) is 10.1 Å². The number of aromatic nitrogens is 1. The third-order valence-electron chi connectivity index (χ3n) is 4.35. The van der Waals surface area contributed by atoms with Crippen molar-refractivity contribution in [2.75, 3.05) is 11.9 Å². The van der Waals surface area contributed by atoms with Gasteiger partial charge >= 0.3 is 0 Å². The van der Waals surface area contributed by atoms with Gasteiger partial charge in [0, 0.05) is 29.6 Å². The second-order valence-corrected chi connectivity index (χ2v) is 6.11. The highest BCUT2D eigenvalue weighted by Gasteiger charge is 2.27. The van der Waals surface area contributed by atoms with Gasteiger partial charge in [-0.25, -0.2) is 4.98 Å². The standard InChI is InChI=1S/C16H20N4O2/c17-16(8-2-1-3-9-16)11-18-15-7-4-12-10-13(20(21)22)5-6-14(12)19-15/h4-7,10H,1-3,8-9,11,17H2,(H,18,19). The van der Waals surface area contributed by atoms with Crippen LogP contribution in [0.15, 0.2) is 30.3 Å². The van der Waals surface area contributed by atoms with Crippen molar-refractivity contribution in [1.82, 2.24) is 4.98 Å². The predicted molar refractivity (Wildman–Crippen MR) is 86.9 cm³/mol. The van der Waals surface area contributed by atoms with Gasteiger partial charge < -0.3 is 11.1 Å². The molecule has 1 fully saturated rings. The molecule has 0 unspecified atom stereocenters. The number of nitro benzene ring substituents is 1. The minimum absolute atomic E-state index is 0.0816. The average Bonchev–Trinajstić information content (AvgIpc) is 2.53. The number of nitrogens with two attached hydrogens (primary N) is 1. The number of anilines is 1. The SMILES string of the molecule is NC1(CNc2ccc3cc([N+](=O)[O-])ccc3n2)CCCCC1. The number of benzene rings is 1. The predicted octanol–water partition coefficient (Wildman–Crippen LogP) is 3.22. The molecule has 1 aliphatic carbocycles. The van der Waals surface area contributed by atoms with Gasteiger partial charge in [-0.2, -0.15) is 0 Å². The first-order valence-electron chi connectivity index (χ1n) is 7.64. The summed E-state index contributed by atoms with van der Waals surface area (Å²) >= 11 is 0. The molecule has 1 heterocycles. The quantitative estimate of drug-likeness (QED) is 0.668. The Bertz CT molecular complexity index is 696. The van der Waals surface area contributed by atoms with Crippen LogP contribution in [0.2, 0.25) is 0 Å². The Kier molecular flexibility index (Phi) is 3.94. The number of nitrogens with one attached hydrogen (secondary N) is 1. The Hall–Kier alpha value is -2.21. The lowest BCUT2D eigenvalue weighted by Crippen LogP contribution is -2.47. The highest BCUT2D eigenvalue weighted by Crippen LogP contribution is 2.26. The molecule has 0 amide bonds. The van der Waals surface area contributed by atoms with E-state index in [9.17, 15) is 10.1 Å². The van der Waals surface area contributed by atoms with Gasteiger partial charge in [-0.15, -0.1) is 0 Å². The van der Waals surface area contributed by atoms with Gasteiger partial charge in [-0.05, 0) is 31.0 Å². The van der Waals surface area contributed by atoms with Crippen LogP contribution in [0.25, 0.3) is 10.9 Å². The molecule has 6 nitrogen and oxygen atoms in total. The fourth-order valence-corrected chi connectivity index (χ4v) is 3.02. The molecule has 2 aromatic rings. The normalized spacial score (nSPS) is 17.3. The minimum atomic E-state index is -0.396. The third-order valence-corrected chi connectivity index (χ3v) is 4.35. The number of pyridine rings is 1. The number of non-ortho nitro benzene ring substituents is 1. The summed E-state index contributed by atoms with van der Waals surface area (Å²) in [6, 6.07) is 8.39. The Labute approximate surface area is 128 Å². The maximum atomic E-state index is 10.8. The summed E-state index contributed by atoms with van der Waals surface area (Å²) in [5, 5.41) is 14.9. The summed E-state index contributed by atoms with van der Waals surface area (Å²) in [6.45, 7) is 0.707. The van der Waals surface area contributed by atoms with Crippen molar-refractivity contribution < 1.29 is 4.92 Å². The Morgan fingerprint density at radius 1 is 1.23 bits per heavy atom. The summed E-state index contributed by atoms with van der Waals surface area (Å²) in [4.78, 5) is 14.9. The fraction of sp³-hybridized carbons (Fsp3) is 0.438. The highest BCUT2D eigenvalue weighted by atomic mass is 16.6. The van der Waals surface area contributed by atoms with Crippen LogP contribution in [-0.2, 0) is 0 Å². The molecular weight excluding hydrogens is 280 g/mol. The van der Waals surface area contributed by atoms with Crippen LogP contribution in [0.1, 0.15) is 32.1 Å². The van der Waals surface area contributed by atoms with Crippen molar-refractivity contribution in [3.63, 3.8) is 0 Å².